The van der Waals surface area contributed by atoms with E-state index in [-0.39, 0.29) is 5.82 Å². The van der Waals surface area contributed by atoms with Gasteiger partial charge in [0.05, 0.1) is 14.9 Å². The van der Waals surface area contributed by atoms with E-state index in [1.165, 1.54) is 23.5 Å². The summed E-state index contributed by atoms with van der Waals surface area (Å²) in [6, 6.07) is 4.35. The minimum atomic E-state index is -0.308. The predicted octanol–water partition coefficient (Wildman–Crippen LogP) is 3.62. The molecule has 5 heteroatoms. The van der Waals surface area contributed by atoms with Crippen LogP contribution in [0.1, 0.15) is 4.88 Å². The van der Waals surface area contributed by atoms with Gasteiger partial charge in [-0.1, -0.05) is 0 Å². The Balaban J connectivity index is 2.07. The fraction of sp³-hybridized carbons (Fsp3) is 0.100. The SMILES string of the molecule is Fc1ccc(Br)c(OCc2cncs2)c1. The number of halogens is 2. The molecule has 0 unspecified atom stereocenters. The van der Waals surface area contributed by atoms with Gasteiger partial charge in [0.25, 0.3) is 0 Å². The van der Waals surface area contributed by atoms with Gasteiger partial charge in [-0.05, 0) is 28.1 Å². The monoisotopic (exact) mass is 287 g/mol. The minimum absolute atomic E-state index is 0.308. The van der Waals surface area contributed by atoms with Gasteiger partial charge in [-0.25, -0.2) is 4.39 Å². The number of nitrogens with zero attached hydrogens (tertiary/aromatic N) is 1. The summed E-state index contributed by atoms with van der Waals surface area (Å²) in [5, 5.41) is 0. The van der Waals surface area contributed by atoms with Crippen LogP contribution in [0, 0.1) is 5.82 Å². The molecular weight excluding hydrogens is 281 g/mol. The predicted molar refractivity (Wildman–Crippen MR) is 60.5 cm³/mol. The van der Waals surface area contributed by atoms with Crippen LogP contribution >= 0.6 is 27.3 Å². The number of rotatable bonds is 3. The number of ether oxygens (including phenoxy) is 1. The molecule has 0 saturated carbocycles. The Labute approximate surface area is 98.9 Å². The molecule has 0 aliphatic rings. The lowest BCUT2D eigenvalue weighted by Crippen LogP contribution is -1.94. The van der Waals surface area contributed by atoms with Crippen molar-refractivity contribution in [3.8, 4) is 5.75 Å². The van der Waals surface area contributed by atoms with Crippen molar-refractivity contribution < 1.29 is 9.13 Å². The van der Waals surface area contributed by atoms with Crippen LogP contribution in [0.2, 0.25) is 0 Å². The molecule has 0 aliphatic heterocycles. The van der Waals surface area contributed by atoms with Crippen LogP contribution in [0.5, 0.6) is 5.75 Å². The van der Waals surface area contributed by atoms with E-state index in [1.54, 1.807) is 17.8 Å². The first-order valence-corrected chi connectivity index (χ1v) is 5.88. The van der Waals surface area contributed by atoms with Crippen molar-refractivity contribution in [3.05, 3.63) is 45.1 Å². The Morgan fingerprint density at radius 2 is 2.33 bits per heavy atom. The second-order valence-electron chi connectivity index (χ2n) is 2.83. The molecule has 0 atom stereocenters. The van der Waals surface area contributed by atoms with Gasteiger partial charge in [0.2, 0.25) is 0 Å². The molecule has 2 aromatic rings. The number of hydrogen-bond acceptors (Lipinski definition) is 3. The molecule has 0 amide bonds. The van der Waals surface area contributed by atoms with Crippen molar-refractivity contribution in [1.82, 2.24) is 4.98 Å². The Kier molecular flexibility index (Phi) is 3.33. The first-order valence-electron chi connectivity index (χ1n) is 4.21. The minimum Gasteiger partial charge on any atom is -0.487 e. The van der Waals surface area contributed by atoms with Crippen LogP contribution in [-0.2, 0) is 6.61 Å². The van der Waals surface area contributed by atoms with Gasteiger partial charge in [0.1, 0.15) is 18.2 Å². The molecule has 0 N–H and O–H groups in total. The van der Waals surface area contributed by atoms with Gasteiger partial charge in [0, 0.05) is 12.3 Å². The molecule has 2 nitrogen and oxygen atoms in total. The summed E-state index contributed by atoms with van der Waals surface area (Å²) in [5.41, 5.74) is 1.74. The average molecular weight is 288 g/mol. The maximum Gasteiger partial charge on any atom is 0.136 e. The molecule has 0 saturated heterocycles. The molecule has 1 aromatic heterocycles. The van der Waals surface area contributed by atoms with Crippen molar-refractivity contribution in [3.63, 3.8) is 0 Å². The summed E-state index contributed by atoms with van der Waals surface area (Å²) in [6.45, 7) is 0.409. The Morgan fingerprint density at radius 1 is 1.47 bits per heavy atom. The number of hydrogen-bond donors (Lipinski definition) is 0. The summed E-state index contributed by atoms with van der Waals surface area (Å²) in [5.74, 6) is 0.195. The third-order valence-corrected chi connectivity index (χ3v) is 3.15. The molecule has 0 spiro atoms. The Hall–Kier alpha value is -0.940. The van der Waals surface area contributed by atoms with Crippen LogP contribution in [0.4, 0.5) is 4.39 Å². The van der Waals surface area contributed by atoms with E-state index < -0.39 is 0 Å². The highest BCUT2D eigenvalue weighted by Gasteiger charge is 2.03. The zero-order valence-electron chi connectivity index (χ0n) is 7.61. The van der Waals surface area contributed by atoms with Crippen LogP contribution in [-0.4, -0.2) is 4.98 Å². The smallest absolute Gasteiger partial charge is 0.136 e. The molecule has 78 valence electrons. The fourth-order valence-corrected chi connectivity index (χ4v) is 1.92. The summed E-state index contributed by atoms with van der Waals surface area (Å²) in [7, 11) is 0. The molecule has 0 fully saturated rings. The van der Waals surface area contributed by atoms with Crippen molar-refractivity contribution in [1.29, 1.82) is 0 Å². The highest BCUT2D eigenvalue weighted by molar-refractivity contribution is 9.10. The van der Waals surface area contributed by atoms with Crippen molar-refractivity contribution >= 4 is 27.3 Å². The Bertz CT molecular complexity index is 447. The number of aromatic nitrogens is 1. The van der Waals surface area contributed by atoms with Gasteiger partial charge < -0.3 is 4.74 Å². The zero-order valence-corrected chi connectivity index (χ0v) is 10.0. The first kappa shape index (κ1) is 10.6. The van der Waals surface area contributed by atoms with Gasteiger partial charge >= 0.3 is 0 Å². The van der Waals surface area contributed by atoms with Crippen molar-refractivity contribution in [2.75, 3.05) is 0 Å². The van der Waals surface area contributed by atoms with E-state index in [0.717, 1.165) is 9.35 Å². The molecule has 0 bridgehead atoms. The van der Waals surface area contributed by atoms with E-state index in [9.17, 15) is 4.39 Å². The van der Waals surface area contributed by atoms with Crippen molar-refractivity contribution in [2.24, 2.45) is 0 Å². The van der Waals surface area contributed by atoms with Crippen LogP contribution < -0.4 is 4.74 Å². The van der Waals surface area contributed by atoms with E-state index >= 15 is 0 Å². The molecule has 0 radical (unpaired) electrons. The summed E-state index contributed by atoms with van der Waals surface area (Å²) >= 11 is 4.80. The molecule has 1 heterocycles. The van der Waals surface area contributed by atoms with Gasteiger partial charge in [-0.3, -0.25) is 4.98 Å². The number of thiazole rings is 1. The molecule has 1 aromatic carbocycles. The van der Waals surface area contributed by atoms with E-state index in [0.29, 0.717) is 12.4 Å². The van der Waals surface area contributed by atoms with Gasteiger partial charge in [-0.2, -0.15) is 0 Å². The molecule has 0 aliphatic carbocycles. The molecule has 2 rings (SSSR count). The van der Waals surface area contributed by atoms with E-state index in [2.05, 4.69) is 20.9 Å². The van der Waals surface area contributed by atoms with Crippen molar-refractivity contribution in [2.45, 2.75) is 6.61 Å². The molecular formula is C10H7BrFNOS. The third kappa shape index (κ3) is 2.76. The lowest BCUT2D eigenvalue weighted by Gasteiger charge is -2.06. The number of benzene rings is 1. The third-order valence-electron chi connectivity index (χ3n) is 1.75. The van der Waals surface area contributed by atoms with Gasteiger partial charge in [0.15, 0.2) is 0 Å². The van der Waals surface area contributed by atoms with E-state index in [4.69, 9.17) is 4.74 Å². The largest absolute Gasteiger partial charge is 0.487 e. The highest BCUT2D eigenvalue weighted by Crippen LogP contribution is 2.26. The first-order chi connectivity index (χ1) is 7.25. The second-order valence-corrected chi connectivity index (χ2v) is 4.66. The lowest BCUT2D eigenvalue weighted by atomic mass is 10.3. The quantitative estimate of drug-likeness (QED) is 0.860. The highest BCUT2D eigenvalue weighted by atomic mass is 79.9. The topological polar surface area (TPSA) is 22.1 Å². The summed E-state index contributed by atoms with van der Waals surface area (Å²) in [6.07, 6.45) is 1.73. The normalized spacial score (nSPS) is 10.3. The van der Waals surface area contributed by atoms with Crippen LogP contribution in [0.3, 0.4) is 0 Å². The average Bonchev–Trinajstić information content (AvgIpc) is 2.72. The Morgan fingerprint density at radius 3 is 3.07 bits per heavy atom. The van der Waals surface area contributed by atoms with Crippen LogP contribution in [0.15, 0.2) is 34.4 Å². The zero-order chi connectivity index (χ0) is 10.7. The summed E-state index contributed by atoms with van der Waals surface area (Å²) < 4.78 is 19.1. The summed E-state index contributed by atoms with van der Waals surface area (Å²) in [4.78, 5) is 4.93. The van der Waals surface area contributed by atoms with E-state index in [1.807, 2.05) is 0 Å². The standard InChI is InChI=1S/C10H7BrFNOS/c11-9-2-1-7(12)3-10(9)14-5-8-4-13-6-15-8/h1-4,6H,5H2. The lowest BCUT2D eigenvalue weighted by molar-refractivity contribution is 0.306. The van der Waals surface area contributed by atoms with Crippen LogP contribution in [0.25, 0.3) is 0 Å². The maximum absolute atomic E-state index is 12.9. The molecule has 15 heavy (non-hydrogen) atoms. The second kappa shape index (κ2) is 4.72. The van der Waals surface area contributed by atoms with Gasteiger partial charge in [-0.15, -0.1) is 11.3 Å². The fourth-order valence-electron chi connectivity index (χ4n) is 1.05. The maximum atomic E-state index is 12.9.